The highest BCUT2D eigenvalue weighted by atomic mass is 79.9. The first kappa shape index (κ1) is 17.6. The fourth-order valence-corrected chi connectivity index (χ4v) is 3.03. The molecule has 26 heavy (non-hydrogen) atoms. The monoisotopic (exact) mass is 415 g/mol. The molecule has 0 radical (unpaired) electrons. The lowest BCUT2D eigenvalue weighted by Gasteiger charge is -2.09. The number of nitro benzene ring substituents is 1. The SMILES string of the molecule is Cn1cc(Br)c(-c2cccc(NC(=O)Nc3ccccc3[N+](=O)[O-])c2)n1. The van der Waals surface area contributed by atoms with Crippen LogP contribution >= 0.6 is 15.9 Å². The summed E-state index contributed by atoms with van der Waals surface area (Å²) in [4.78, 5) is 22.7. The summed E-state index contributed by atoms with van der Waals surface area (Å²) in [6.45, 7) is 0. The molecule has 2 aromatic carbocycles. The zero-order valence-corrected chi connectivity index (χ0v) is 15.2. The Labute approximate surface area is 157 Å². The molecule has 1 aromatic heterocycles. The number of carbonyl (C=O) groups is 1. The Morgan fingerprint density at radius 1 is 1.19 bits per heavy atom. The van der Waals surface area contributed by atoms with Crippen LogP contribution in [0.15, 0.2) is 59.2 Å². The number of aromatic nitrogens is 2. The predicted octanol–water partition coefficient (Wildman–Crippen LogP) is 4.40. The van der Waals surface area contributed by atoms with Gasteiger partial charge in [0.15, 0.2) is 0 Å². The molecule has 2 amide bonds. The van der Waals surface area contributed by atoms with E-state index >= 15 is 0 Å². The topological polar surface area (TPSA) is 102 Å². The summed E-state index contributed by atoms with van der Waals surface area (Å²) in [5.74, 6) is 0. The van der Waals surface area contributed by atoms with Crippen molar-refractivity contribution in [3.63, 3.8) is 0 Å². The molecule has 2 N–H and O–H groups in total. The molecule has 0 aliphatic heterocycles. The number of nitro groups is 1. The van der Waals surface area contributed by atoms with Crippen molar-refractivity contribution in [2.24, 2.45) is 7.05 Å². The maximum Gasteiger partial charge on any atom is 0.323 e. The minimum absolute atomic E-state index is 0.124. The number of amides is 2. The van der Waals surface area contributed by atoms with Gasteiger partial charge in [-0.15, -0.1) is 0 Å². The number of nitrogens with zero attached hydrogens (tertiary/aromatic N) is 3. The van der Waals surface area contributed by atoms with Crippen molar-refractivity contribution in [3.8, 4) is 11.3 Å². The van der Waals surface area contributed by atoms with Gasteiger partial charge in [-0.25, -0.2) is 4.79 Å². The van der Waals surface area contributed by atoms with E-state index in [2.05, 4.69) is 31.7 Å². The van der Waals surface area contributed by atoms with E-state index in [-0.39, 0.29) is 11.4 Å². The molecule has 0 saturated carbocycles. The number of hydrogen-bond acceptors (Lipinski definition) is 4. The molecular formula is C17H14BrN5O3. The van der Waals surface area contributed by atoms with Gasteiger partial charge in [-0.05, 0) is 34.1 Å². The van der Waals surface area contributed by atoms with Crippen LogP contribution in [0.1, 0.15) is 0 Å². The molecule has 0 atom stereocenters. The number of anilines is 2. The Kier molecular flexibility index (Phi) is 4.99. The van der Waals surface area contributed by atoms with Crippen LogP contribution in [0, 0.1) is 10.1 Å². The van der Waals surface area contributed by atoms with Crippen LogP contribution in [-0.2, 0) is 7.05 Å². The van der Waals surface area contributed by atoms with Crippen LogP contribution in [0.25, 0.3) is 11.3 Å². The number of para-hydroxylation sites is 2. The summed E-state index contributed by atoms with van der Waals surface area (Å²) < 4.78 is 2.52. The van der Waals surface area contributed by atoms with Gasteiger partial charge in [-0.2, -0.15) is 5.10 Å². The van der Waals surface area contributed by atoms with E-state index in [0.29, 0.717) is 5.69 Å². The first-order valence-electron chi connectivity index (χ1n) is 7.55. The maximum absolute atomic E-state index is 12.2. The molecule has 0 saturated heterocycles. The second kappa shape index (κ2) is 7.36. The molecule has 8 nitrogen and oxygen atoms in total. The van der Waals surface area contributed by atoms with Crippen molar-refractivity contribution in [2.45, 2.75) is 0 Å². The van der Waals surface area contributed by atoms with Gasteiger partial charge in [-0.3, -0.25) is 14.8 Å². The number of nitrogens with one attached hydrogen (secondary N) is 2. The fourth-order valence-electron chi connectivity index (χ4n) is 2.42. The predicted molar refractivity (Wildman–Crippen MR) is 102 cm³/mol. The normalized spacial score (nSPS) is 10.4. The third-order valence-electron chi connectivity index (χ3n) is 3.53. The van der Waals surface area contributed by atoms with Crippen LogP contribution in [0.4, 0.5) is 21.9 Å². The van der Waals surface area contributed by atoms with Gasteiger partial charge in [-0.1, -0.05) is 24.3 Å². The zero-order chi connectivity index (χ0) is 18.7. The lowest BCUT2D eigenvalue weighted by Crippen LogP contribution is -2.20. The van der Waals surface area contributed by atoms with Crippen molar-refractivity contribution >= 4 is 39.0 Å². The third kappa shape index (κ3) is 3.89. The molecule has 3 aromatic rings. The molecule has 0 fully saturated rings. The first-order valence-corrected chi connectivity index (χ1v) is 8.34. The van der Waals surface area contributed by atoms with Gasteiger partial charge in [0.05, 0.1) is 9.40 Å². The molecule has 3 rings (SSSR count). The van der Waals surface area contributed by atoms with Gasteiger partial charge in [0, 0.05) is 30.6 Å². The number of carbonyl (C=O) groups excluding carboxylic acids is 1. The van der Waals surface area contributed by atoms with E-state index < -0.39 is 11.0 Å². The number of rotatable bonds is 4. The van der Waals surface area contributed by atoms with Crippen LogP contribution in [0.2, 0.25) is 0 Å². The Morgan fingerprint density at radius 3 is 2.65 bits per heavy atom. The average molecular weight is 416 g/mol. The van der Waals surface area contributed by atoms with Crippen LogP contribution in [-0.4, -0.2) is 20.7 Å². The number of hydrogen-bond donors (Lipinski definition) is 2. The highest BCUT2D eigenvalue weighted by Crippen LogP contribution is 2.28. The molecule has 1 heterocycles. The first-order chi connectivity index (χ1) is 12.4. The molecule has 0 aliphatic carbocycles. The van der Waals surface area contributed by atoms with Crippen molar-refractivity contribution in [1.82, 2.24) is 9.78 Å². The number of benzene rings is 2. The molecule has 132 valence electrons. The summed E-state index contributed by atoms with van der Waals surface area (Å²) in [5.41, 5.74) is 2.06. The van der Waals surface area contributed by atoms with E-state index in [1.54, 1.807) is 28.9 Å². The van der Waals surface area contributed by atoms with Gasteiger partial charge >= 0.3 is 6.03 Å². The molecule has 0 aliphatic rings. The summed E-state index contributed by atoms with van der Waals surface area (Å²) >= 11 is 3.45. The van der Waals surface area contributed by atoms with Crippen molar-refractivity contribution in [1.29, 1.82) is 0 Å². The molecule has 9 heteroatoms. The zero-order valence-electron chi connectivity index (χ0n) is 13.6. The number of urea groups is 1. The Morgan fingerprint density at radius 2 is 1.96 bits per heavy atom. The summed E-state index contributed by atoms with van der Waals surface area (Å²) in [6.07, 6.45) is 1.83. The largest absolute Gasteiger partial charge is 0.323 e. The fraction of sp³-hybridized carbons (Fsp3) is 0.0588. The van der Waals surface area contributed by atoms with Gasteiger partial charge in [0.1, 0.15) is 11.4 Å². The van der Waals surface area contributed by atoms with E-state index in [9.17, 15) is 14.9 Å². The highest BCUT2D eigenvalue weighted by Gasteiger charge is 2.15. The van der Waals surface area contributed by atoms with E-state index in [0.717, 1.165) is 15.7 Å². The lowest BCUT2D eigenvalue weighted by atomic mass is 10.1. The Bertz CT molecular complexity index is 986. The lowest BCUT2D eigenvalue weighted by molar-refractivity contribution is -0.383. The number of halogens is 1. The molecular weight excluding hydrogens is 402 g/mol. The van der Waals surface area contributed by atoms with Crippen molar-refractivity contribution < 1.29 is 9.72 Å². The minimum Gasteiger partial charge on any atom is -0.308 e. The summed E-state index contributed by atoms with van der Waals surface area (Å²) in [7, 11) is 1.82. The van der Waals surface area contributed by atoms with E-state index in [1.807, 2.05) is 19.3 Å². The van der Waals surface area contributed by atoms with Crippen LogP contribution in [0.5, 0.6) is 0 Å². The van der Waals surface area contributed by atoms with Gasteiger partial charge in [0.2, 0.25) is 0 Å². The average Bonchev–Trinajstić information content (AvgIpc) is 2.93. The highest BCUT2D eigenvalue weighted by molar-refractivity contribution is 9.10. The Hall–Kier alpha value is -3.20. The Balaban J connectivity index is 1.77. The third-order valence-corrected chi connectivity index (χ3v) is 4.11. The minimum atomic E-state index is -0.573. The maximum atomic E-state index is 12.2. The number of aryl methyl sites for hydroxylation is 1. The second-order valence-electron chi connectivity index (χ2n) is 5.43. The molecule has 0 unspecified atom stereocenters. The van der Waals surface area contributed by atoms with Gasteiger partial charge < -0.3 is 10.6 Å². The molecule has 0 bridgehead atoms. The molecule has 0 spiro atoms. The second-order valence-corrected chi connectivity index (χ2v) is 6.29. The van der Waals surface area contributed by atoms with E-state index in [1.165, 1.54) is 18.2 Å². The summed E-state index contributed by atoms with van der Waals surface area (Å²) in [6, 6.07) is 12.5. The summed E-state index contributed by atoms with van der Waals surface area (Å²) in [5, 5.41) is 20.5. The van der Waals surface area contributed by atoms with Crippen LogP contribution < -0.4 is 10.6 Å². The van der Waals surface area contributed by atoms with Crippen molar-refractivity contribution in [2.75, 3.05) is 10.6 Å². The smallest absolute Gasteiger partial charge is 0.308 e. The standard InChI is InChI=1S/C17H14BrN5O3/c1-22-10-13(18)16(21-22)11-5-4-6-12(9-11)19-17(24)20-14-7-2-3-8-15(14)23(25)26/h2-10H,1H3,(H2,19,20,24). The van der Waals surface area contributed by atoms with Gasteiger partial charge in [0.25, 0.3) is 5.69 Å². The van der Waals surface area contributed by atoms with Crippen molar-refractivity contribution in [3.05, 3.63) is 69.3 Å². The van der Waals surface area contributed by atoms with E-state index in [4.69, 9.17) is 0 Å². The quantitative estimate of drug-likeness (QED) is 0.486. The van der Waals surface area contributed by atoms with Crippen LogP contribution in [0.3, 0.4) is 0 Å².